The van der Waals surface area contributed by atoms with Crippen LogP contribution in [0.2, 0.25) is 5.02 Å². The SMILES string of the molecule is CCOCn1cc(F)c(=O)n(C(=O)c2cccc(C(=O)Oc3cc(OC(=O)c4cc(OC(C)=O)nc(OC(C)=O)c4)c(Cl)cn3)c2)c1=O. The van der Waals surface area contributed by atoms with Gasteiger partial charge in [0, 0.05) is 44.2 Å². The van der Waals surface area contributed by atoms with Crippen LogP contribution < -0.4 is 30.2 Å². The third-order valence-corrected chi connectivity index (χ3v) is 6.09. The minimum Gasteiger partial charge on any atom is -0.421 e. The van der Waals surface area contributed by atoms with Crippen molar-refractivity contribution in [1.82, 2.24) is 19.1 Å². The molecule has 0 aliphatic rings. The number of nitrogens with zero attached hydrogens (tertiary/aromatic N) is 4. The van der Waals surface area contributed by atoms with Gasteiger partial charge in [0.15, 0.2) is 5.75 Å². The van der Waals surface area contributed by atoms with Crippen LogP contribution in [0.3, 0.4) is 0 Å². The van der Waals surface area contributed by atoms with E-state index in [1.807, 2.05) is 0 Å². The molecule has 0 spiro atoms. The average molecular weight is 685 g/mol. The second-order valence-corrected chi connectivity index (χ2v) is 9.74. The monoisotopic (exact) mass is 684 g/mol. The van der Waals surface area contributed by atoms with Crippen LogP contribution in [-0.2, 0) is 21.1 Å². The van der Waals surface area contributed by atoms with Crippen molar-refractivity contribution < 1.29 is 52.0 Å². The average Bonchev–Trinajstić information content (AvgIpc) is 3.03. The molecule has 1 aromatic carbocycles. The quantitative estimate of drug-likeness (QED) is 0.221. The van der Waals surface area contributed by atoms with Crippen molar-refractivity contribution in [1.29, 1.82) is 0 Å². The zero-order valence-electron chi connectivity index (χ0n) is 25.1. The molecule has 4 rings (SSSR count). The zero-order chi connectivity index (χ0) is 35.1. The van der Waals surface area contributed by atoms with Crippen LogP contribution in [-0.4, -0.2) is 55.5 Å². The van der Waals surface area contributed by atoms with Gasteiger partial charge in [-0.05, 0) is 25.1 Å². The molecule has 3 heterocycles. The molecule has 48 heavy (non-hydrogen) atoms. The maximum atomic E-state index is 14.3. The molecule has 248 valence electrons. The van der Waals surface area contributed by atoms with Gasteiger partial charge in [-0.1, -0.05) is 17.7 Å². The van der Waals surface area contributed by atoms with Gasteiger partial charge in [-0.15, -0.1) is 0 Å². The van der Waals surface area contributed by atoms with E-state index in [-0.39, 0.29) is 50.4 Å². The Morgan fingerprint density at radius 2 is 1.46 bits per heavy atom. The lowest BCUT2D eigenvalue weighted by Crippen LogP contribution is -2.45. The topological polar surface area (TPSA) is 201 Å². The van der Waals surface area contributed by atoms with Crippen LogP contribution >= 0.6 is 11.6 Å². The summed E-state index contributed by atoms with van der Waals surface area (Å²) in [6.45, 7) is 3.53. The second-order valence-electron chi connectivity index (χ2n) is 9.33. The van der Waals surface area contributed by atoms with Gasteiger partial charge in [-0.3, -0.25) is 23.7 Å². The molecule has 0 amide bonds. The van der Waals surface area contributed by atoms with E-state index >= 15 is 0 Å². The van der Waals surface area contributed by atoms with Crippen LogP contribution in [0, 0.1) is 5.82 Å². The minimum atomic E-state index is -1.50. The van der Waals surface area contributed by atoms with Gasteiger partial charge >= 0.3 is 29.6 Å². The molecule has 0 atom stereocenters. The summed E-state index contributed by atoms with van der Waals surface area (Å²) < 4.78 is 40.4. The van der Waals surface area contributed by atoms with E-state index in [0.29, 0.717) is 10.8 Å². The molecule has 0 fully saturated rings. The Morgan fingerprint density at radius 1 is 0.833 bits per heavy atom. The van der Waals surface area contributed by atoms with Gasteiger partial charge in [0.1, 0.15) is 11.8 Å². The molecule has 0 N–H and O–H groups in total. The van der Waals surface area contributed by atoms with Gasteiger partial charge < -0.3 is 23.7 Å². The van der Waals surface area contributed by atoms with E-state index in [1.54, 1.807) is 6.92 Å². The fourth-order valence-electron chi connectivity index (χ4n) is 3.79. The highest BCUT2D eigenvalue weighted by Gasteiger charge is 2.22. The number of carbonyl (C=O) groups is 5. The van der Waals surface area contributed by atoms with Crippen LogP contribution in [0.4, 0.5) is 4.39 Å². The number of hydrogen-bond donors (Lipinski definition) is 0. The molecule has 4 aromatic rings. The summed E-state index contributed by atoms with van der Waals surface area (Å²) in [6, 6.07) is 7.72. The summed E-state index contributed by atoms with van der Waals surface area (Å²) in [7, 11) is 0. The van der Waals surface area contributed by atoms with E-state index in [4.69, 9.17) is 35.3 Å². The first-order valence-corrected chi connectivity index (χ1v) is 13.9. The standard InChI is InChI=1S/C30H22ClFN4O12/c1-4-44-14-35-13-21(32)27(40)36(30(35)43)26(39)17-6-5-7-18(8-17)28(41)48-23-11-22(20(31)12-33-23)47-29(42)19-9-24(45-15(2)37)34-25(10-19)46-16(3)38/h5-13H,4,14H2,1-3H3. The lowest BCUT2D eigenvalue weighted by Gasteiger charge is -2.11. The minimum absolute atomic E-state index is 0.0629. The molecule has 0 saturated heterocycles. The molecule has 0 aliphatic heterocycles. The van der Waals surface area contributed by atoms with Crippen LogP contribution in [0.25, 0.3) is 0 Å². The Hall–Kier alpha value is -6.07. The Morgan fingerprint density at radius 3 is 2.08 bits per heavy atom. The van der Waals surface area contributed by atoms with Gasteiger partial charge in [0.25, 0.3) is 11.5 Å². The van der Waals surface area contributed by atoms with E-state index in [1.165, 1.54) is 18.2 Å². The molecule has 0 bridgehead atoms. The summed E-state index contributed by atoms with van der Waals surface area (Å²) in [5, 5.41) is -0.194. The number of ether oxygens (including phenoxy) is 5. The molecular formula is C30H22ClFN4O12. The highest BCUT2D eigenvalue weighted by molar-refractivity contribution is 6.32. The fourth-order valence-corrected chi connectivity index (χ4v) is 3.93. The third-order valence-electron chi connectivity index (χ3n) is 5.80. The van der Waals surface area contributed by atoms with Gasteiger partial charge in [0.2, 0.25) is 23.5 Å². The van der Waals surface area contributed by atoms with Crippen molar-refractivity contribution in [3.8, 4) is 23.4 Å². The first kappa shape index (κ1) is 34.8. The summed E-state index contributed by atoms with van der Waals surface area (Å²) in [5.41, 5.74) is -3.53. The van der Waals surface area contributed by atoms with E-state index < -0.39 is 59.5 Å². The fraction of sp³-hybridized carbons (Fsp3) is 0.167. The number of esters is 4. The van der Waals surface area contributed by atoms with E-state index in [2.05, 4.69) is 9.97 Å². The summed E-state index contributed by atoms with van der Waals surface area (Å²) >= 11 is 6.11. The Bertz CT molecular complexity index is 2040. The number of hydrogen-bond acceptors (Lipinski definition) is 14. The molecule has 16 nitrogen and oxygen atoms in total. The Balaban J connectivity index is 1.56. The predicted octanol–water partition coefficient (Wildman–Crippen LogP) is 2.56. The van der Waals surface area contributed by atoms with Crippen LogP contribution in [0.1, 0.15) is 51.8 Å². The number of benzene rings is 1. The lowest BCUT2D eigenvalue weighted by molar-refractivity contribution is -0.132. The molecular weight excluding hydrogens is 663 g/mol. The van der Waals surface area contributed by atoms with Gasteiger partial charge in [-0.25, -0.2) is 19.4 Å². The normalized spacial score (nSPS) is 10.6. The van der Waals surface area contributed by atoms with Crippen LogP contribution in [0.15, 0.2) is 64.4 Å². The Labute approximate surface area is 273 Å². The van der Waals surface area contributed by atoms with Crippen molar-refractivity contribution in [2.75, 3.05) is 6.61 Å². The van der Waals surface area contributed by atoms with Crippen molar-refractivity contribution in [2.45, 2.75) is 27.5 Å². The first-order valence-electron chi connectivity index (χ1n) is 13.5. The number of pyridine rings is 2. The van der Waals surface area contributed by atoms with Crippen LogP contribution in [0.5, 0.6) is 23.4 Å². The molecule has 0 unspecified atom stereocenters. The van der Waals surface area contributed by atoms with Crippen molar-refractivity contribution in [3.05, 3.63) is 103 Å². The molecule has 18 heteroatoms. The highest BCUT2D eigenvalue weighted by Crippen LogP contribution is 2.29. The lowest BCUT2D eigenvalue weighted by atomic mass is 10.1. The maximum absolute atomic E-state index is 14.3. The summed E-state index contributed by atoms with van der Waals surface area (Å²) in [6.07, 6.45) is 1.61. The van der Waals surface area contributed by atoms with Gasteiger partial charge in [0.05, 0.1) is 23.5 Å². The van der Waals surface area contributed by atoms with Gasteiger partial charge in [-0.2, -0.15) is 13.9 Å². The smallest absolute Gasteiger partial charge is 0.344 e. The molecule has 0 saturated carbocycles. The number of halogens is 2. The largest absolute Gasteiger partial charge is 0.421 e. The molecule has 0 radical (unpaired) electrons. The summed E-state index contributed by atoms with van der Waals surface area (Å²) in [5.74, 6) is -7.82. The van der Waals surface area contributed by atoms with E-state index in [0.717, 1.165) is 44.3 Å². The molecule has 0 aliphatic carbocycles. The molecule has 3 aromatic heterocycles. The van der Waals surface area contributed by atoms with Crippen molar-refractivity contribution in [2.24, 2.45) is 0 Å². The van der Waals surface area contributed by atoms with Crippen molar-refractivity contribution in [3.63, 3.8) is 0 Å². The summed E-state index contributed by atoms with van der Waals surface area (Å²) in [4.78, 5) is 94.5. The predicted molar refractivity (Wildman–Crippen MR) is 159 cm³/mol. The van der Waals surface area contributed by atoms with E-state index in [9.17, 15) is 38.0 Å². The van der Waals surface area contributed by atoms with Crippen molar-refractivity contribution >= 4 is 41.4 Å². The number of carbonyl (C=O) groups excluding carboxylic acids is 5. The zero-order valence-corrected chi connectivity index (χ0v) is 25.8. The first-order chi connectivity index (χ1) is 22.8. The number of rotatable bonds is 10. The maximum Gasteiger partial charge on any atom is 0.344 e. The third kappa shape index (κ3) is 8.39. The number of aromatic nitrogens is 4. The second kappa shape index (κ2) is 15.0. The Kier molecular flexibility index (Phi) is 10.9. The highest BCUT2D eigenvalue weighted by atomic mass is 35.5.